The van der Waals surface area contributed by atoms with E-state index in [0.29, 0.717) is 12.2 Å². The van der Waals surface area contributed by atoms with Crippen LogP contribution in [0.15, 0.2) is 18.2 Å². The second kappa shape index (κ2) is 4.23. The standard InChI is InChI=1S/C13H16N2O3S/c1-19(17,18)14-11-5-4-9-6-7-15(12(9)8-11)13(16)10-2-3-10/h4-5,8,10,14H,2-3,6-7H2,1H3. The lowest BCUT2D eigenvalue weighted by atomic mass is 10.1. The quantitative estimate of drug-likeness (QED) is 0.909. The SMILES string of the molecule is CS(=O)(=O)Nc1ccc2c(c1)N(C(=O)C1CC1)CC2. The predicted molar refractivity (Wildman–Crippen MR) is 73.7 cm³/mol. The second-order valence-electron chi connectivity index (χ2n) is 5.23. The molecule has 0 bridgehead atoms. The van der Waals surface area contributed by atoms with Crippen LogP contribution in [0.2, 0.25) is 0 Å². The fraction of sp³-hybridized carbons (Fsp3) is 0.462. The highest BCUT2D eigenvalue weighted by Gasteiger charge is 2.36. The molecule has 1 N–H and O–H groups in total. The number of sulfonamides is 1. The van der Waals surface area contributed by atoms with Gasteiger partial charge in [-0.2, -0.15) is 0 Å². The number of nitrogens with one attached hydrogen (secondary N) is 1. The van der Waals surface area contributed by atoms with Gasteiger partial charge in [0.05, 0.1) is 11.9 Å². The molecule has 0 atom stereocenters. The van der Waals surface area contributed by atoms with E-state index in [-0.39, 0.29) is 11.8 Å². The fourth-order valence-corrected chi connectivity index (χ4v) is 2.99. The molecule has 2 aliphatic rings. The Kier molecular flexibility index (Phi) is 2.78. The van der Waals surface area contributed by atoms with E-state index in [1.54, 1.807) is 17.0 Å². The molecular formula is C13H16N2O3S. The minimum atomic E-state index is -3.29. The third kappa shape index (κ3) is 2.58. The van der Waals surface area contributed by atoms with Crippen LogP contribution in [-0.2, 0) is 21.2 Å². The van der Waals surface area contributed by atoms with Crippen LogP contribution in [0.4, 0.5) is 11.4 Å². The molecule has 3 rings (SSSR count). The first kappa shape index (κ1) is 12.5. The molecule has 1 aromatic rings. The molecule has 102 valence electrons. The highest BCUT2D eigenvalue weighted by atomic mass is 32.2. The Balaban J connectivity index is 1.90. The van der Waals surface area contributed by atoms with Crippen molar-refractivity contribution in [3.05, 3.63) is 23.8 Å². The summed E-state index contributed by atoms with van der Waals surface area (Å²) in [6.45, 7) is 0.701. The molecule has 0 unspecified atom stereocenters. The summed E-state index contributed by atoms with van der Waals surface area (Å²) >= 11 is 0. The molecule has 1 heterocycles. The Hall–Kier alpha value is -1.56. The van der Waals surface area contributed by atoms with Crippen molar-refractivity contribution in [1.82, 2.24) is 0 Å². The number of hydrogen-bond acceptors (Lipinski definition) is 3. The largest absolute Gasteiger partial charge is 0.312 e. The summed E-state index contributed by atoms with van der Waals surface area (Å²) in [6.07, 6.45) is 3.91. The Labute approximate surface area is 112 Å². The van der Waals surface area contributed by atoms with Gasteiger partial charge in [0.15, 0.2) is 0 Å². The summed E-state index contributed by atoms with van der Waals surface area (Å²) in [5.41, 5.74) is 2.47. The summed E-state index contributed by atoms with van der Waals surface area (Å²) < 4.78 is 24.9. The van der Waals surface area contributed by atoms with E-state index in [4.69, 9.17) is 0 Å². The van der Waals surface area contributed by atoms with Crippen LogP contribution in [0.5, 0.6) is 0 Å². The molecule has 1 saturated carbocycles. The summed E-state index contributed by atoms with van der Waals surface area (Å²) in [5.74, 6) is 0.354. The van der Waals surface area contributed by atoms with Crippen LogP contribution in [0.25, 0.3) is 0 Å². The van der Waals surface area contributed by atoms with E-state index < -0.39 is 10.0 Å². The third-order valence-corrected chi connectivity index (χ3v) is 4.08. The van der Waals surface area contributed by atoms with Gasteiger partial charge in [-0.25, -0.2) is 8.42 Å². The first-order chi connectivity index (χ1) is 8.94. The van der Waals surface area contributed by atoms with Gasteiger partial charge in [-0.05, 0) is 37.0 Å². The third-order valence-electron chi connectivity index (χ3n) is 3.48. The lowest BCUT2D eigenvalue weighted by molar-refractivity contribution is -0.119. The Morgan fingerprint density at radius 2 is 2.11 bits per heavy atom. The van der Waals surface area contributed by atoms with Crippen LogP contribution in [-0.4, -0.2) is 27.1 Å². The molecule has 6 heteroatoms. The van der Waals surface area contributed by atoms with Gasteiger partial charge >= 0.3 is 0 Å². The number of hydrogen-bond donors (Lipinski definition) is 1. The van der Waals surface area contributed by atoms with Gasteiger partial charge in [0.25, 0.3) is 0 Å². The zero-order chi connectivity index (χ0) is 13.6. The molecule has 0 spiro atoms. The minimum Gasteiger partial charge on any atom is -0.312 e. The molecule has 1 fully saturated rings. The molecular weight excluding hydrogens is 264 g/mol. The zero-order valence-electron chi connectivity index (χ0n) is 10.7. The van der Waals surface area contributed by atoms with Gasteiger partial charge in [0.2, 0.25) is 15.9 Å². The molecule has 1 amide bonds. The van der Waals surface area contributed by atoms with Crippen LogP contribution in [0.1, 0.15) is 18.4 Å². The highest BCUT2D eigenvalue weighted by molar-refractivity contribution is 7.92. The van der Waals surface area contributed by atoms with Crippen molar-refractivity contribution in [3.8, 4) is 0 Å². The van der Waals surface area contributed by atoms with Gasteiger partial charge in [0, 0.05) is 18.2 Å². The number of carbonyl (C=O) groups is 1. The average Bonchev–Trinajstić information content (AvgIpc) is 3.07. The maximum atomic E-state index is 12.2. The smallest absolute Gasteiger partial charge is 0.230 e. The number of benzene rings is 1. The van der Waals surface area contributed by atoms with Crippen LogP contribution >= 0.6 is 0 Å². The summed E-state index contributed by atoms with van der Waals surface area (Å²) in [5, 5.41) is 0. The van der Waals surface area contributed by atoms with Gasteiger partial charge in [-0.15, -0.1) is 0 Å². The zero-order valence-corrected chi connectivity index (χ0v) is 11.5. The van der Waals surface area contributed by atoms with E-state index in [0.717, 1.165) is 36.8 Å². The molecule has 19 heavy (non-hydrogen) atoms. The summed E-state index contributed by atoms with van der Waals surface area (Å²) in [4.78, 5) is 13.9. The van der Waals surface area contributed by atoms with Crippen molar-refractivity contribution in [3.63, 3.8) is 0 Å². The lowest BCUT2D eigenvalue weighted by Gasteiger charge is -2.18. The normalized spacial score (nSPS) is 18.3. The first-order valence-electron chi connectivity index (χ1n) is 6.36. The highest BCUT2D eigenvalue weighted by Crippen LogP contribution is 2.37. The van der Waals surface area contributed by atoms with E-state index in [1.807, 2.05) is 6.07 Å². The van der Waals surface area contributed by atoms with Crippen LogP contribution < -0.4 is 9.62 Å². The van der Waals surface area contributed by atoms with Crippen LogP contribution in [0, 0.1) is 5.92 Å². The van der Waals surface area contributed by atoms with Crippen molar-refractivity contribution in [1.29, 1.82) is 0 Å². The summed E-state index contributed by atoms with van der Waals surface area (Å²) in [6, 6.07) is 5.39. The molecule has 1 aliphatic carbocycles. The average molecular weight is 280 g/mol. The van der Waals surface area contributed by atoms with E-state index in [2.05, 4.69) is 4.72 Å². The molecule has 1 aliphatic heterocycles. The lowest BCUT2D eigenvalue weighted by Crippen LogP contribution is -2.30. The molecule has 1 aromatic carbocycles. The van der Waals surface area contributed by atoms with E-state index in [1.165, 1.54) is 0 Å². The topological polar surface area (TPSA) is 66.5 Å². The number of amides is 1. The van der Waals surface area contributed by atoms with Gasteiger partial charge in [-0.1, -0.05) is 6.07 Å². The van der Waals surface area contributed by atoms with Crippen LogP contribution in [0.3, 0.4) is 0 Å². The van der Waals surface area contributed by atoms with Gasteiger partial charge in [0.1, 0.15) is 0 Å². The van der Waals surface area contributed by atoms with Crippen molar-refractivity contribution >= 4 is 27.3 Å². The number of nitrogens with zero attached hydrogens (tertiary/aromatic N) is 1. The predicted octanol–water partition coefficient (Wildman–Crippen LogP) is 1.36. The Bertz CT molecular complexity index is 635. The first-order valence-corrected chi connectivity index (χ1v) is 8.25. The maximum Gasteiger partial charge on any atom is 0.230 e. The Morgan fingerprint density at radius 1 is 1.37 bits per heavy atom. The summed E-state index contributed by atoms with van der Waals surface area (Å²) in [7, 11) is -3.29. The molecule has 0 aromatic heterocycles. The Morgan fingerprint density at radius 3 is 2.74 bits per heavy atom. The van der Waals surface area contributed by atoms with Crippen molar-refractivity contribution in [2.45, 2.75) is 19.3 Å². The molecule has 5 nitrogen and oxygen atoms in total. The van der Waals surface area contributed by atoms with Crippen molar-refractivity contribution in [2.75, 3.05) is 22.4 Å². The van der Waals surface area contributed by atoms with Crippen molar-refractivity contribution < 1.29 is 13.2 Å². The minimum absolute atomic E-state index is 0.176. The van der Waals surface area contributed by atoms with Gasteiger partial charge < -0.3 is 4.90 Å². The molecule has 0 saturated heterocycles. The van der Waals surface area contributed by atoms with Gasteiger partial charge in [-0.3, -0.25) is 9.52 Å². The van der Waals surface area contributed by atoms with E-state index in [9.17, 15) is 13.2 Å². The second-order valence-corrected chi connectivity index (χ2v) is 6.98. The number of fused-ring (bicyclic) bond motifs is 1. The number of rotatable bonds is 3. The molecule has 0 radical (unpaired) electrons. The number of anilines is 2. The van der Waals surface area contributed by atoms with Crippen molar-refractivity contribution in [2.24, 2.45) is 5.92 Å². The monoisotopic (exact) mass is 280 g/mol. The maximum absolute atomic E-state index is 12.2. The van der Waals surface area contributed by atoms with E-state index >= 15 is 0 Å². The fourth-order valence-electron chi connectivity index (χ4n) is 2.44. The number of carbonyl (C=O) groups excluding carboxylic acids is 1.